The second-order valence-corrected chi connectivity index (χ2v) is 5.75. The molecule has 0 aliphatic carbocycles. The molecular weight excluding hydrogens is 294 g/mol. The van der Waals surface area contributed by atoms with Gasteiger partial charge in [-0.25, -0.2) is 0 Å². The molecule has 0 radical (unpaired) electrons. The number of fused-ring (bicyclic) bond motifs is 1. The van der Waals surface area contributed by atoms with Crippen LogP contribution in [0.15, 0.2) is 30.5 Å². The fourth-order valence-electron chi connectivity index (χ4n) is 2.30. The minimum atomic E-state index is -0.712. The van der Waals surface area contributed by atoms with Gasteiger partial charge in [0.2, 0.25) is 0 Å². The van der Waals surface area contributed by atoms with Gasteiger partial charge in [0.15, 0.2) is 0 Å². The summed E-state index contributed by atoms with van der Waals surface area (Å²) in [5, 5.41) is 15.3. The molecule has 0 aliphatic rings. The summed E-state index contributed by atoms with van der Waals surface area (Å²) in [7, 11) is 0. The number of aliphatic hydroxyl groups is 1. The minimum Gasteiger partial charge on any atom is -0.396 e. The summed E-state index contributed by atoms with van der Waals surface area (Å²) in [5.74, 6) is -1.53. The predicted octanol–water partition coefficient (Wildman–Crippen LogP) is 1.73. The van der Waals surface area contributed by atoms with Crippen molar-refractivity contribution in [2.75, 3.05) is 11.9 Å². The summed E-state index contributed by atoms with van der Waals surface area (Å²) in [6.45, 7) is 6.38. The van der Waals surface area contributed by atoms with Gasteiger partial charge in [-0.2, -0.15) is 0 Å². The Labute approximate surface area is 135 Å². The van der Waals surface area contributed by atoms with Gasteiger partial charge < -0.3 is 20.3 Å². The SMILES string of the molecule is CCn1ccc2ccc(NC(=O)C(=O)NC(C)C(C)CO)cc21. The number of anilines is 1. The van der Waals surface area contributed by atoms with E-state index in [1.807, 2.05) is 31.3 Å². The summed E-state index contributed by atoms with van der Waals surface area (Å²) in [6, 6.07) is 7.26. The first-order chi connectivity index (χ1) is 11.0. The fourth-order valence-corrected chi connectivity index (χ4v) is 2.30. The van der Waals surface area contributed by atoms with Crippen LogP contribution in [0.25, 0.3) is 10.9 Å². The highest BCUT2D eigenvalue weighted by Gasteiger charge is 2.19. The molecule has 0 aliphatic heterocycles. The maximum atomic E-state index is 12.0. The summed E-state index contributed by atoms with van der Waals surface area (Å²) in [4.78, 5) is 23.9. The number of carbonyl (C=O) groups is 2. The van der Waals surface area contributed by atoms with Gasteiger partial charge in [0, 0.05) is 31.1 Å². The van der Waals surface area contributed by atoms with E-state index in [-0.39, 0.29) is 18.6 Å². The Morgan fingerprint density at radius 3 is 2.61 bits per heavy atom. The Hall–Kier alpha value is -2.34. The van der Waals surface area contributed by atoms with Crippen molar-refractivity contribution < 1.29 is 14.7 Å². The fraction of sp³-hybridized carbons (Fsp3) is 0.412. The van der Waals surface area contributed by atoms with Gasteiger partial charge in [-0.3, -0.25) is 9.59 Å². The second kappa shape index (κ2) is 7.28. The summed E-state index contributed by atoms with van der Waals surface area (Å²) < 4.78 is 2.07. The third kappa shape index (κ3) is 3.90. The second-order valence-electron chi connectivity index (χ2n) is 5.75. The van der Waals surface area contributed by atoms with Gasteiger partial charge in [0.1, 0.15) is 0 Å². The topological polar surface area (TPSA) is 83.4 Å². The number of amides is 2. The molecule has 2 amide bonds. The van der Waals surface area contributed by atoms with E-state index in [2.05, 4.69) is 15.2 Å². The quantitative estimate of drug-likeness (QED) is 0.734. The molecule has 0 saturated heterocycles. The van der Waals surface area contributed by atoms with Crippen LogP contribution in [0.2, 0.25) is 0 Å². The summed E-state index contributed by atoms with van der Waals surface area (Å²) >= 11 is 0. The number of rotatable bonds is 5. The number of aromatic nitrogens is 1. The van der Waals surface area contributed by atoms with Crippen LogP contribution in [0.4, 0.5) is 5.69 Å². The molecule has 1 aromatic carbocycles. The van der Waals surface area contributed by atoms with E-state index in [4.69, 9.17) is 5.11 Å². The van der Waals surface area contributed by atoms with Crippen LogP contribution >= 0.6 is 0 Å². The van der Waals surface area contributed by atoms with Crippen molar-refractivity contribution in [3.8, 4) is 0 Å². The molecule has 1 aromatic heterocycles. The third-order valence-electron chi connectivity index (χ3n) is 4.08. The Morgan fingerprint density at radius 1 is 1.22 bits per heavy atom. The third-order valence-corrected chi connectivity index (χ3v) is 4.08. The molecule has 2 unspecified atom stereocenters. The lowest BCUT2D eigenvalue weighted by molar-refractivity contribution is -0.136. The maximum Gasteiger partial charge on any atom is 0.313 e. The van der Waals surface area contributed by atoms with Crippen LogP contribution in [0, 0.1) is 5.92 Å². The van der Waals surface area contributed by atoms with Crippen LogP contribution in [0.5, 0.6) is 0 Å². The number of aliphatic hydroxyl groups excluding tert-OH is 1. The number of nitrogens with one attached hydrogen (secondary N) is 2. The summed E-state index contributed by atoms with van der Waals surface area (Å²) in [5.41, 5.74) is 1.59. The van der Waals surface area contributed by atoms with Gasteiger partial charge in [0.05, 0.1) is 5.52 Å². The van der Waals surface area contributed by atoms with Gasteiger partial charge in [-0.05, 0) is 43.4 Å². The number of nitrogens with zero attached hydrogens (tertiary/aromatic N) is 1. The van der Waals surface area contributed by atoms with Crippen molar-refractivity contribution in [3.63, 3.8) is 0 Å². The van der Waals surface area contributed by atoms with Crippen LogP contribution in [0.1, 0.15) is 20.8 Å². The lowest BCUT2D eigenvalue weighted by Crippen LogP contribution is -2.43. The Morgan fingerprint density at radius 2 is 1.96 bits per heavy atom. The highest BCUT2D eigenvalue weighted by molar-refractivity contribution is 6.39. The van der Waals surface area contributed by atoms with Crippen LogP contribution in [-0.4, -0.2) is 34.1 Å². The molecule has 6 heteroatoms. The van der Waals surface area contributed by atoms with E-state index in [0.29, 0.717) is 5.69 Å². The zero-order valence-electron chi connectivity index (χ0n) is 13.7. The summed E-state index contributed by atoms with van der Waals surface area (Å²) in [6.07, 6.45) is 1.99. The van der Waals surface area contributed by atoms with E-state index >= 15 is 0 Å². The average molecular weight is 317 g/mol. The molecule has 1 heterocycles. The molecule has 0 spiro atoms. The first-order valence-corrected chi connectivity index (χ1v) is 7.77. The Kier molecular flexibility index (Phi) is 5.39. The largest absolute Gasteiger partial charge is 0.396 e. The minimum absolute atomic E-state index is 0.0479. The van der Waals surface area contributed by atoms with Gasteiger partial charge in [0.25, 0.3) is 0 Å². The van der Waals surface area contributed by atoms with E-state index in [1.165, 1.54) is 0 Å². The molecule has 23 heavy (non-hydrogen) atoms. The molecule has 0 saturated carbocycles. The van der Waals surface area contributed by atoms with Crippen LogP contribution < -0.4 is 10.6 Å². The molecule has 2 atom stereocenters. The number of hydrogen-bond acceptors (Lipinski definition) is 3. The molecule has 2 rings (SSSR count). The van der Waals surface area contributed by atoms with E-state index in [0.717, 1.165) is 17.4 Å². The lowest BCUT2D eigenvalue weighted by atomic mass is 10.1. The molecular formula is C17H23N3O3. The van der Waals surface area contributed by atoms with Gasteiger partial charge in [-0.1, -0.05) is 13.0 Å². The van der Waals surface area contributed by atoms with Gasteiger partial charge >= 0.3 is 11.8 Å². The molecule has 124 valence electrons. The lowest BCUT2D eigenvalue weighted by Gasteiger charge is -2.18. The number of carbonyl (C=O) groups excluding carboxylic acids is 2. The van der Waals surface area contributed by atoms with Crippen molar-refractivity contribution in [2.24, 2.45) is 5.92 Å². The van der Waals surface area contributed by atoms with Crippen molar-refractivity contribution in [1.82, 2.24) is 9.88 Å². The van der Waals surface area contributed by atoms with Crippen molar-refractivity contribution in [2.45, 2.75) is 33.4 Å². The molecule has 0 fully saturated rings. The highest BCUT2D eigenvalue weighted by Crippen LogP contribution is 2.20. The Balaban J connectivity index is 2.06. The zero-order chi connectivity index (χ0) is 17.0. The first-order valence-electron chi connectivity index (χ1n) is 7.77. The van der Waals surface area contributed by atoms with Crippen molar-refractivity contribution in [1.29, 1.82) is 0 Å². The predicted molar refractivity (Wildman–Crippen MR) is 90.1 cm³/mol. The van der Waals surface area contributed by atoms with E-state index in [1.54, 1.807) is 19.9 Å². The smallest absolute Gasteiger partial charge is 0.313 e. The molecule has 2 aromatic rings. The van der Waals surface area contributed by atoms with Crippen LogP contribution in [0.3, 0.4) is 0 Å². The monoisotopic (exact) mass is 317 g/mol. The number of benzene rings is 1. The normalized spacial score (nSPS) is 13.6. The number of hydrogen-bond donors (Lipinski definition) is 3. The number of aryl methyl sites for hydroxylation is 1. The van der Waals surface area contributed by atoms with Gasteiger partial charge in [-0.15, -0.1) is 0 Å². The molecule has 0 bridgehead atoms. The van der Waals surface area contributed by atoms with Crippen molar-refractivity contribution in [3.05, 3.63) is 30.5 Å². The Bertz CT molecular complexity index is 708. The molecule has 6 nitrogen and oxygen atoms in total. The zero-order valence-corrected chi connectivity index (χ0v) is 13.7. The van der Waals surface area contributed by atoms with E-state index < -0.39 is 11.8 Å². The van der Waals surface area contributed by atoms with Crippen molar-refractivity contribution >= 4 is 28.4 Å². The average Bonchev–Trinajstić information content (AvgIpc) is 2.96. The first kappa shape index (κ1) is 17.0. The maximum absolute atomic E-state index is 12.0. The molecule has 3 N–H and O–H groups in total. The standard InChI is InChI=1S/C17H23N3O3/c1-4-20-8-7-13-5-6-14(9-15(13)20)19-17(23)16(22)18-12(3)11(2)10-21/h5-9,11-12,21H,4,10H2,1-3H3,(H,18,22)(H,19,23). The van der Waals surface area contributed by atoms with E-state index in [9.17, 15) is 9.59 Å². The highest BCUT2D eigenvalue weighted by atomic mass is 16.3. The van der Waals surface area contributed by atoms with Crippen LogP contribution in [-0.2, 0) is 16.1 Å².